The highest BCUT2D eigenvalue weighted by atomic mass is 35.5. The second-order valence-electron chi connectivity index (χ2n) is 10.2. The average Bonchev–Trinajstić information content (AvgIpc) is 2.88. The normalized spacial score (nSPS) is 16.9. The molecule has 4 rings (SSSR count). The number of carboxylic acids is 1. The van der Waals surface area contributed by atoms with Gasteiger partial charge in [-0.25, -0.2) is 0 Å². The number of fused-ring (bicyclic) bond motifs is 1. The highest BCUT2D eigenvalue weighted by Crippen LogP contribution is 2.43. The van der Waals surface area contributed by atoms with E-state index in [2.05, 4.69) is 0 Å². The molecular formula is C30H31ClN2O5. The lowest BCUT2D eigenvalue weighted by atomic mass is 9.89. The molecule has 3 aromatic carbocycles. The third-order valence-electron chi connectivity index (χ3n) is 6.81. The van der Waals surface area contributed by atoms with Crippen LogP contribution in [0.4, 0.5) is 11.4 Å². The Morgan fingerprint density at radius 3 is 2.26 bits per heavy atom. The van der Waals surface area contributed by atoms with Crippen LogP contribution in [0, 0.1) is 5.41 Å². The second kappa shape index (κ2) is 10.9. The average molecular weight is 535 g/mol. The molecule has 0 unspecified atom stereocenters. The molecule has 1 N–H and O–H groups in total. The molecule has 0 bridgehead atoms. The Hall–Kier alpha value is -3.84. The number of rotatable bonds is 7. The summed E-state index contributed by atoms with van der Waals surface area (Å²) >= 11 is 6.08. The Balaban J connectivity index is 1.61. The number of carbonyl (C=O) groups excluding carboxylic acids is 2. The van der Waals surface area contributed by atoms with Gasteiger partial charge in [0.05, 0.1) is 11.5 Å². The van der Waals surface area contributed by atoms with Gasteiger partial charge in [-0.1, -0.05) is 29.8 Å². The monoisotopic (exact) mass is 534 g/mol. The van der Waals surface area contributed by atoms with E-state index in [9.17, 15) is 19.5 Å². The summed E-state index contributed by atoms with van der Waals surface area (Å²) in [5.41, 5.74) is 1.84. The highest BCUT2D eigenvalue weighted by Gasteiger charge is 2.38. The second-order valence-corrected chi connectivity index (χ2v) is 10.6. The predicted molar refractivity (Wildman–Crippen MR) is 148 cm³/mol. The lowest BCUT2D eigenvalue weighted by Gasteiger charge is -2.43. The van der Waals surface area contributed by atoms with E-state index >= 15 is 0 Å². The maximum atomic E-state index is 13.7. The van der Waals surface area contributed by atoms with Crippen LogP contribution in [0.3, 0.4) is 0 Å². The predicted octanol–water partition coefficient (Wildman–Crippen LogP) is 6.36. The number of benzene rings is 3. The molecule has 0 saturated heterocycles. The minimum absolute atomic E-state index is 0.00776. The number of hydrogen-bond acceptors (Lipinski definition) is 4. The molecule has 0 radical (unpaired) electrons. The van der Waals surface area contributed by atoms with Crippen molar-refractivity contribution in [1.29, 1.82) is 0 Å². The Labute approximate surface area is 227 Å². The number of amides is 2. The lowest BCUT2D eigenvalue weighted by molar-refractivity contribution is -0.148. The number of carbonyl (C=O) groups is 3. The molecule has 1 aliphatic rings. The van der Waals surface area contributed by atoms with Crippen LogP contribution >= 0.6 is 11.6 Å². The number of para-hydroxylation sites is 1. The number of carboxylic acid groups (broad SMARTS) is 1. The fourth-order valence-electron chi connectivity index (χ4n) is 4.68. The maximum absolute atomic E-state index is 13.7. The summed E-state index contributed by atoms with van der Waals surface area (Å²) in [6.07, 6.45) is 0.552. The van der Waals surface area contributed by atoms with Gasteiger partial charge in [0, 0.05) is 34.9 Å². The van der Waals surface area contributed by atoms with Crippen LogP contribution < -0.4 is 14.5 Å². The van der Waals surface area contributed by atoms with Gasteiger partial charge < -0.3 is 19.6 Å². The van der Waals surface area contributed by atoms with Gasteiger partial charge in [0.25, 0.3) is 5.91 Å². The van der Waals surface area contributed by atoms with Crippen LogP contribution in [-0.2, 0) is 9.59 Å². The highest BCUT2D eigenvalue weighted by molar-refractivity contribution is 6.30. The van der Waals surface area contributed by atoms with Crippen molar-refractivity contribution in [3.63, 3.8) is 0 Å². The summed E-state index contributed by atoms with van der Waals surface area (Å²) in [6.45, 7) is 6.71. The van der Waals surface area contributed by atoms with Gasteiger partial charge in [0.15, 0.2) is 0 Å². The first-order valence-corrected chi connectivity index (χ1v) is 12.8. The molecule has 2 amide bonds. The zero-order valence-electron chi connectivity index (χ0n) is 21.8. The topological polar surface area (TPSA) is 87.2 Å². The Bertz CT molecular complexity index is 1340. The fraction of sp³-hybridized carbons (Fsp3) is 0.300. The third kappa shape index (κ3) is 5.53. The lowest BCUT2D eigenvalue weighted by Crippen LogP contribution is -2.47. The fourth-order valence-corrected chi connectivity index (χ4v) is 4.80. The van der Waals surface area contributed by atoms with Gasteiger partial charge in [-0.15, -0.1) is 0 Å². The summed E-state index contributed by atoms with van der Waals surface area (Å²) < 4.78 is 5.65. The summed E-state index contributed by atoms with van der Waals surface area (Å²) in [7, 11) is 0. The van der Waals surface area contributed by atoms with E-state index < -0.39 is 11.4 Å². The molecule has 0 aliphatic carbocycles. The number of anilines is 2. The molecule has 0 spiro atoms. The summed E-state index contributed by atoms with van der Waals surface area (Å²) in [5.74, 6) is -0.717. The van der Waals surface area contributed by atoms with Gasteiger partial charge in [-0.3, -0.25) is 14.4 Å². The van der Waals surface area contributed by atoms with Crippen molar-refractivity contribution in [2.24, 2.45) is 5.41 Å². The van der Waals surface area contributed by atoms with E-state index in [1.54, 1.807) is 67.0 Å². The van der Waals surface area contributed by atoms with Crippen molar-refractivity contribution in [2.75, 3.05) is 16.4 Å². The quantitative estimate of drug-likeness (QED) is 0.381. The molecular weight excluding hydrogens is 504 g/mol. The smallest absolute Gasteiger partial charge is 0.312 e. The van der Waals surface area contributed by atoms with Crippen LogP contribution in [0.5, 0.6) is 5.75 Å². The Morgan fingerprint density at radius 1 is 1.03 bits per heavy atom. The number of hydrogen-bond donors (Lipinski definition) is 1. The summed E-state index contributed by atoms with van der Waals surface area (Å²) in [4.78, 5) is 41.4. The number of nitrogens with zero attached hydrogens (tertiary/aromatic N) is 2. The molecule has 7 nitrogen and oxygen atoms in total. The van der Waals surface area contributed by atoms with Crippen LogP contribution in [0.25, 0.3) is 0 Å². The van der Waals surface area contributed by atoms with E-state index in [1.807, 2.05) is 43.3 Å². The van der Waals surface area contributed by atoms with Gasteiger partial charge in [-0.2, -0.15) is 0 Å². The van der Waals surface area contributed by atoms with Gasteiger partial charge >= 0.3 is 5.97 Å². The van der Waals surface area contributed by atoms with Crippen molar-refractivity contribution < 1.29 is 24.2 Å². The SMILES string of the molecule is CC(=O)N(c1ccc(Cl)cc1)[C@@H]1C[C@H](C)N(C(=O)c2ccc(OCC(C)(C)C(=O)O)cc2)c2ccccc21. The molecule has 0 saturated carbocycles. The van der Waals surface area contributed by atoms with Crippen molar-refractivity contribution in [3.8, 4) is 5.75 Å². The number of halogens is 1. The van der Waals surface area contributed by atoms with Gasteiger partial charge in [0.1, 0.15) is 12.4 Å². The first kappa shape index (κ1) is 27.2. The van der Waals surface area contributed by atoms with E-state index in [-0.39, 0.29) is 30.5 Å². The minimum Gasteiger partial charge on any atom is -0.492 e. The van der Waals surface area contributed by atoms with Crippen molar-refractivity contribution in [2.45, 2.75) is 46.2 Å². The van der Waals surface area contributed by atoms with Gasteiger partial charge in [0.2, 0.25) is 5.91 Å². The van der Waals surface area contributed by atoms with Crippen molar-refractivity contribution in [3.05, 3.63) is 88.9 Å². The molecule has 198 valence electrons. The molecule has 2 atom stereocenters. The zero-order chi connectivity index (χ0) is 27.6. The standard InChI is InChI=1S/C30H31ClN2O5/c1-19-17-27(33(20(2)34)23-13-11-22(31)12-14-23)25-7-5-6-8-26(25)32(19)28(35)21-9-15-24(16-10-21)38-18-30(3,4)29(36)37/h5-16,19,27H,17-18H2,1-4H3,(H,36,37)/t19-,27+/m0/s1. The first-order chi connectivity index (χ1) is 18.0. The van der Waals surface area contributed by atoms with Gasteiger partial charge in [-0.05, 0) is 87.4 Å². The third-order valence-corrected chi connectivity index (χ3v) is 7.07. The molecule has 0 aromatic heterocycles. The first-order valence-electron chi connectivity index (χ1n) is 12.4. The van der Waals surface area contributed by atoms with E-state index in [4.69, 9.17) is 16.3 Å². The minimum atomic E-state index is -1.03. The van der Waals surface area contributed by atoms with Crippen molar-refractivity contribution in [1.82, 2.24) is 0 Å². The molecule has 1 aliphatic heterocycles. The van der Waals surface area contributed by atoms with Crippen LogP contribution in [0.1, 0.15) is 56.1 Å². The largest absolute Gasteiger partial charge is 0.492 e. The molecule has 38 heavy (non-hydrogen) atoms. The summed E-state index contributed by atoms with van der Waals surface area (Å²) in [5, 5.41) is 9.88. The Kier molecular flexibility index (Phi) is 7.78. The van der Waals surface area contributed by atoms with E-state index in [1.165, 1.54) is 0 Å². The van der Waals surface area contributed by atoms with Crippen molar-refractivity contribution >= 4 is 40.8 Å². The molecule has 0 fully saturated rings. The molecule has 3 aromatic rings. The molecule has 8 heteroatoms. The van der Waals surface area contributed by atoms with E-state index in [0.717, 1.165) is 16.9 Å². The van der Waals surface area contributed by atoms with Crippen LogP contribution in [0.15, 0.2) is 72.8 Å². The van der Waals surface area contributed by atoms with E-state index in [0.29, 0.717) is 22.8 Å². The molecule has 1 heterocycles. The zero-order valence-corrected chi connectivity index (χ0v) is 22.6. The van der Waals surface area contributed by atoms with Crippen LogP contribution in [0.2, 0.25) is 5.02 Å². The van der Waals surface area contributed by atoms with Crippen LogP contribution in [-0.4, -0.2) is 35.5 Å². The maximum Gasteiger partial charge on any atom is 0.312 e. The number of aliphatic carboxylic acids is 1. The Morgan fingerprint density at radius 2 is 1.66 bits per heavy atom. The summed E-state index contributed by atoms with van der Waals surface area (Å²) in [6, 6.07) is 21.1. The number of ether oxygens (including phenoxy) is 1.